The zero-order chi connectivity index (χ0) is 11.7. The molecule has 1 aliphatic heterocycles. The molecule has 3 heterocycles. The molecule has 1 saturated heterocycles. The largest absolute Gasteiger partial charge is 0.379 e. The highest BCUT2D eigenvalue weighted by Gasteiger charge is 2.16. The van der Waals surface area contributed by atoms with Gasteiger partial charge in [0.1, 0.15) is 5.52 Å². The summed E-state index contributed by atoms with van der Waals surface area (Å²) in [6.45, 7) is 1.63. The van der Waals surface area contributed by atoms with Gasteiger partial charge in [0.2, 0.25) is 0 Å². The number of anilines is 1. The third-order valence-corrected chi connectivity index (χ3v) is 3.14. The number of aryl methyl sites for hydroxylation is 1. The van der Waals surface area contributed by atoms with E-state index < -0.39 is 0 Å². The average molecular weight is 232 g/mol. The fraction of sp³-hybridized carbons (Fsp3) is 0.500. The van der Waals surface area contributed by atoms with Gasteiger partial charge in [0.05, 0.1) is 24.5 Å². The molecule has 17 heavy (non-hydrogen) atoms. The van der Waals surface area contributed by atoms with Gasteiger partial charge >= 0.3 is 0 Å². The zero-order valence-electron chi connectivity index (χ0n) is 9.89. The van der Waals surface area contributed by atoms with Crippen molar-refractivity contribution in [1.82, 2.24) is 14.5 Å². The van der Waals surface area contributed by atoms with Gasteiger partial charge < -0.3 is 14.6 Å². The van der Waals surface area contributed by atoms with Crippen LogP contribution in [-0.2, 0) is 11.8 Å². The second-order valence-corrected chi connectivity index (χ2v) is 4.44. The Kier molecular flexibility index (Phi) is 2.68. The number of nitrogens with zero attached hydrogens (tertiary/aromatic N) is 3. The van der Waals surface area contributed by atoms with E-state index in [1.54, 1.807) is 0 Å². The first-order chi connectivity index (χ1) is 8.34. The van der Waals surface area contributed by atoms with Gasteiger partial charge in [-0.15, -0.1) is 0 Å². The van der Waals surface area contributed by atoms with E-state index in [9.17, 15) is 0 Å². The fourth-order valence-electron chi connectivity index (χ4n) is 2.22. The van der Waals surface area contributed by atoms with Crippen molar-refractivity contribution >= 4 is 16.9 Å². The smallest absolute Gasteiger partial charge is 0.154 e. The zero-order valence-corrected chi connectivity index (χ0v) is 9.89. The molecule has 0 aliphatic carbocycles. The number of aromatic nitrogens is 3. The molecule has 1 fully saturated rings. The Bertz CT molecular complexity index is 516. The highest BCUT2D eigenvalue weighted by molar-refractivity contribution is 5.85. The van der Waals surface area contributed by atoms with Crippen LogP contribution in [0.5, 0.6) is 0 Å². The molecule has 0 bridgehead atoms. The summed E-state index contributed by atoms with van der Waals surface area (Å²) in [6.07, 6.45) is 5.87. The molecule has 3 rings (SSSR count). The first-order valence-electron chi connectivity index (χ1n) is 5.95. The maximum absolute atomic E-state index is 5.46. The highest BCUT2D eigenvalue weighted by atomic mass is 16.5. The number of pyridine rings is 1. The molecular formula is C12H16N4O. The number of imidazole rings is 1. The minimum atomic E-state index is 0.351. The fourth-order valence-corrected chi connectivity index (χ4v) is 2.22. The summed E-state index contributed by atoms with van der Waals surface area (Å²) in [5.74, 6) is 0.860. The van der Waals surface area contributed by atoms with E-state index in [1.807, 2.05) is 30.2 Å². The minimum Gasteiger partial charge on any atom is -0.379 e. The van der Waals surface area contributed by atoms with E-state index in [-0.39, 0.29) is 0 Å². The highest BCUT2D eigenvalue weighted by Crippen LogP contribution is 2.20. The van der Waals surface area contributed by atoms with Gasteiger partial charge in [-0.05, 0) is 18.9 Å². The Morgan fingerprint density at radius 3 is 3.24 bits per heavy atom. The summed E-state index contributed by atoms with van der Waals surface area (Å²) in [6, 6.07) is 2.33. The van der Waals surface area contributed by atoms with Crippen LogP contribution in [-0.4, -0.2) is 33.8 Å². The van der Waals surface area contributed by atoms with E-state index in [1.165, 1.54) is 0 Å². The molecule has 5 heteroatoms. The van der Waals surface area contributed by atoms with Crippen molar-refractivity contribution in [2.75, 3.05) is 18.5 Å². The molecule has 0 spiro atoms. The maximum Gasteiger partial charge on any atom is 0.154 e. The first-order valence-corrected chi connectivity index (χ1v) is 5.95. The monoisotopic (exact) mass is 232 g/mol. The van der Waals surface area contributed by atoms with E-state index in [0.29, 0.717) is 6.04 Å². The molecule has 90 valence electrons. The Morgan fingerprint density at radius 2 is 2.41 bits per heavy atom. The molecule has 5 nitrogen and oxygen atoms in total. The van der Waals surface area contributed by atoms with Gasteiger partial charge in [0, 0.05) is 19.9 Å². The molecule has 0 amide bonds. The van der Waals surface area contributed by atoms with Crippen LogP contribution < -0.4 is 5.32 Å². The van der Waals surface area contributed by atoms with Crippen LogP contribution in [0.4, 0.5) is 5.82 Å². The van der Waals surface area contributed by atoms with E-state index in [4.69, 9.17) is 4.74 Å². The molecule has 1 unspecified atom stereocenters. The van der Waals surface area contributed by atoms with Crippen molar-refractivity contribution in [3.8, 4) is 0 Å². The van der Waals surface area contributed by atoms with Gasteiger partial charge in [0.25, 0.3) is 0 Å². The summed E-state index contributed by atoms with van der Waals surface area (Å²) >= 11 is 0. The topological polar surface area (TPSA) is 52.0 Å². The Morgan fingerprint density at radius 1 is 1.47 bits per heavy atom. The molecule has 0 radical (unpaired) electrons. The van der Waals surface area contributed by atoms with Gasteiger partial charge in [-0.25, -0.2) is 9.97 Å². The summed E-state index contributed by atoms with van der Waals surface area (Å²) in [5.41, 5.74) is 2.03. The number of hydrogen-bond donors (Lipinski definition) is 1. The summed E-state index contributed by atoms with van der Waals surface area (Å²) < 4.78 is 7.46. The minimum absolute atomic E-state index is 0.351. The van der Waals surface area contributed by atoms with Gasteiger partial charge in [0.15, 0.2) is 5.82 Å². The van der Waals surface area contributed by atoms with Crippen LogP contribution in [0.25, 0.3) is 11.0 Å². The third kappa shape index (κ3) is 1.98. The molecule has 1 N–H and O–H groups in total. The molecule has 1 atom stereocenters. The van der Waals surface area contributed by atoms with Crippen molar-refractivity contribution in [2.45, 2.75) is 18.9 Å². The SMILES string of the molecule is Cn1cnc2c(NC3CCCOC3)nccc21. The first kappa shape index (κ1) is 10.5. The lowest BCUT2D eigenvalue weighted by Gasteiger charge is -2.23. The summed E-state index contributed by atoms with van der Waals surface area (Å²) in [4.78, 5) is 8.75. The number of nitrogens with one attached hydrogen (secondary N) is 1. The van der Waals surface area contributed by atoms with Gasteiger partial charge in [-0.1, -0.05) is 0 Å². The number of ether oxygens (including phenoxy) is 1. The van der Waals surface area contributed by atoms with Crippen LogP contribution in [0.1, 0.15) is 12.8 Å². The predicted molar refractivity (Wildman–Crippen MR) is 66.0 cm³/mol. The Hall–Kier alpha value is -1.62. The second kappa shape index (κ2) is 4.33. The molecule has 1 aliphatic rings. The van der Waals surface area contributed by atoms with Crippen molar-refractivity contribution in [1.29, 1.82) is 0 Å². The van der Waals surface area contributed by atoms with Gasteiger partial charge in [-0.3, -0.25) is 0 Å². The third-order valence-electron chi connectivity index (χ3n) is 3.14. The van der Waals surface area contributed by atoms with Crippen LogP contribution in [0.15, 0.2) is 18.6 Å². The summed E-state index contributed by atoms with van der Waals surface area (Å²) in [5, 5.41) is 3.43. The van der Waals surface area contributed by atoms with Crippen LogP contribution in [0.3, 0.4) is 0 Å². The molecule has 0 saturated carbocycles. The number of rotatable bonds is 2. The second-order valence-electron chi connectivity index (χ2n) is 4.44. The standard InChI is InChI=1S/C12H16N4O/c1-16-8-14-11-10(16)4-5-13-12(11)15-9-3-2-6-17-7-9/h4-5,8-9H,2-3,6-7H2,1H3,(H,13,15). The van der Waals surface area contributed by atoms with E-state index in [2.05, 4.69) is 15.3 Å². The average Bonchev–Trinajstić information content (AvgIpc) is 2.74. The summed E-state index contributed by atoms with van der Waals surface area (Å²) in [7, 11) is 1.99. The predicted octanol–water partition coefficient (Wildman–Crippen LogP) is 1.56. The molecule has 0 aromatic carbocycles. The number of hydrogen-bond acceptors (Lipinski definition) is 4. The van der Waals surface area contributed by atoms with Crippen molar-refractivity contribution in [3.63, 3.8) is 0 Å². The van der Waals surface area contributed by atoms with E-state index in [0.717, 1.165) is 42.9 Å². The van der Waals surface area contributed by atoms with Crippen molar-refractivity contribution < 1.29 is 4.74 Å². The lowest BCUT2D eigenvalue weighted by atomic mass is 10.1. The maximum atomic E-state index is 5.46. The molecule has 2 aromatic rings. The lowest BCUT2D eigenvalue weighted by Crippen LogP contribution is -2.30. The molecular weight excluding hydrogens is 216 g/mol. The molecule has 2 aromatic heterocycles. The van der Waals surface area contributed by atoms with Crippen LogP contribution in [0, 0.1) is 0 Å². The lowest BCUT2D eigenvalue weighted by molar-refractivity contribution is 0.0875. The van der Waals surface area contributed by atoms with Crippen LogP contribution in [0.2, 0.25) is 0 Å². The van der Waals surface area contributed by atoms with Crippen LogP contribution >= 0.6 is 0 Å². The van der Waals surface area contributed by atoms with Crippen molar-refractivity contribution in [2.24, 2.45) is 7.05 Å². The number of fused-ring (bicyclic) bond motifs is 1. The normalized spacial score (nSPS) is 20.6. The van der Waals surface area contributed by atoms with E-state index >= 15 is 0 Å². The Balaban J connectivity index is 1.89. The van der Waals surface area contributed by atoms with Crippen molar-refractivity contribution in [3.05, 3.63) is 18.6 Å². The quantitative estimate of drug-likeness (QED) is 0.853. The van der Waals surface area contributed by atoms with Gasteiger partial charge in [-0.2, -0.15) is 0 Å². The Labute approximate surface area is 99.8 Å².